The van der Waals surface area contributed by atoms with Crippen LogP contribution in [0.15, 0.2) is 175 Å². The maximum atomic E-state index is 6.29. The van der Waals surface area contributed by atoms with Crippen molar-refractivity contribution in [3.63, 3.8) is 0 Å². The summed E-state index contributed by atoms with van der Waals surface area (Å²) in [5.41, 5.74) is 8.97. The highest BCUT2D eigenvalue weighted by Gasteiger charge is 2.39. The second kappa shape index (κ2) is 14.1. The third-order valence-corrected chi connectivity index (χ3v) is 9.33. The lowest BCUT2D eigenvalue weighted by Crippen LogP contribution is -2.38. The molecule has 0 amide bonds. The number of halogens is 1. The summed E-state index contributed by atoms with van der Waals surface area (Å²) in [5, 5.41) is 9.54. The van der Waals surface area contributed by atoms with Gasteiger partial charge in [-0.2, -0.15) is 5.10 Å². The predicted octanol–water partition coefficient (Wildman–Crippen LogP) is 9.92. The minimum absolute atomic E-state index is 0.191. The first-order valence-corrected chi connectivity index (χ1v) is 16.7. The van der Waals surface area contributed by atoms with E-state index in [9.17, 15) is 0 Å². The van der Waals surface area contributed by atoms with E-state index in [-0.39, 0.29) is 5.92 Å². The zero-order valence-corrected chi connectivity index (χ0v) is 27.6. The third kappa shape index (κ3) is 6.27. The molecule has 2 heterocycles. The number of nitrogens with one attached hydrogen (secondary N) is 1. The fourth-order valence-corrected chi connectivity index (χ4v) is 6.81. The van der Waals surface area contributed by atoms with Gasteiger partial charge < -0.3 is 5.32 Å². The highest BCUT2D eigenvalue weighted by Crippen LogP contribution is 2.41. The molecule has 48 heavy (non-hydrogen) atoms. The van der Waals surface area contributed by atoms with E-state index >= 15 is 0 Å². The molecule has 0 bridgehead atoms. The molecule has 2 aromatic heterocycles. The molecule has 7 rings (SSSR count). The van der Waals surface area contributed by atoms with Gasteiger partial charge >= 0.3 is 0 Å². The topological polar surface area (TPSA) is 42.7 Å². The van der Waals surface area contributed by atoms with Crippen molar-refractivity contribution >= 4 is 17.2 Å². The van der Waals surface area contributed by atoms with Gasteiger partial charge in [0.1, 0.15) is 5.54 Å². The zero-order valence-electron chi connectivity index (χ0n) is 26.9. The third-order valence-electron chi connectivity index (χ3n) is 9.05. The molecule has 0 saturated carbocycles. The highest BCUT2D eigenvalue weighted by atomic mass is 35.5. The van der Waals surface area contributed by atoms with Crippen LogP contribution in [0.4, 0.5) is 0 Å². The number of aryl methyl sites for hydroxylation is 1. The van der Waals surface area contributed by atoms with E-state index in [0.717, 1.165) is 57.2 Å². The Morgan fingerprint density at radius 3 is 1.92 bits per heavy atom. The van der Waals surface area contributed by atoms with Crippen molar-refractivity contribution in [1.82, 2.24) is 20.1 Å². The van der Waals surface area contributed by atoms with E-state index < -0.39 is 5.54 Å². The number of hydrogen-bond acceptors (Lipinski definition) is 3. The smallest absolute Gasteiger partial charge is 0.138 e. The Bertz CT molecular complexity index is 1950. The number of aromatic nitrogens is 3. The summed E-state index contributed by atoms with van der Waals surface area (Å²) in [6.07, 6.45) is 13.3. The molecule has 1 unspecified atom stereocenters. The molecule has 1 N–H and O–H groups in total. The van der Waals surface area contributed by atoms with Gasteiger partial charge in [0, 0.05) is 41.7 Å². The molecule has 1 aliphatic rings. The summed E-state index contributed by atoms with van der Waals surface area (Å²) < 4.78 is 2.12. The van der Waals surface area contributed by atoms with Crippen molar-refractivity contribution < 1.29 is 0 Å². The van der Waals surface area contributed by atoms with Gasteiger partial charge in [0.25, 0.3) is 0 Å². The first-order chi connectivity index (χ1) is 23.6. The molecule has 5 heteroatoms. The molecule has 0 spiro atoms. The van der Waals surface area contributed by atoms with Crippen LogP contribution < -0.4 is 5.32 Å². The summed E-state index contributed by atoms with van der Waals surface area (Å²) in [7, 11) is 0. The monoisotopic (exact) mass is 644 g/mol. The lowest BCUT2D eigenvalue weighted by molar-refractivity contribution is 0.458. The number of hydrogen-bond donors (Lipinski definition) is 1. The van der Waals surface area contributed by atoms with Crippen LogP contribution in [0.25, 0.3) is 16.8 Å². The van der Waals surface area contributed by atoms with Gasteiger partial charge in [0.15, 0.2) is 0 Å². The maximum Gasteiger partial charge on any atom is 0.138 e. The van der Waals surface area contributed by atoms with Crippen LogP contribution in [0.1, 0.15) is 39.9 Å². The number of nitrogens with zero attached hydrogens (tertiary/aromatic N) is 3. The summed E-state index contributed by atoms with van der Waals surface area (Å²) in [6.45, 7) is 2.81. The van der Waals surface area contributed by atoms with Crippen molar-refractivity contribution in [3.8, 4) is 11.3 Å². The standard InChI is InChI=1S/C43H37ClN4/c1-32-41(31-48(47-32)43(36-16-8-3-9-17-36,37-18-10-4-11-19-37)38-20-12-5-13-21-38)42-27-24-35(29-46-42)40(34-22-25-39(44)26-23-34)30-45-28-33-14-6-2-7-15-33/h2-22,24-27,29-31,34,45H,23,28H2,1H3/b40-30-. The van der Waals surface area contributed by atoms with Crippen molar-refractivity contribution in [1.29, 1.82) is 0 Å². The predicted molar refractivity (Wildman–Crippen MR) is 197 cm³/mol. The molecular weight excluding hydrogens is 608 g/mol. The molecule has 0 radical (unpaired) electrons. The Balaban J connectivity index is 1.28. The maximum absolute atomic E-state index is 6.29. The number of pyridine rings is 1. The van der Waals surface area contributed by atoms with Crippen LogP contribution in [0.5, 0.6) is 0 Å². The normalized spacial score (nSPS) is 14.8. The van der Waals surface area contributed by atoms with E-state index in [0.29, 0.717) is 0 Å². The van der Waals surface area contributed by atoms with Crippen LogP contribution in [0.3, 0.4) is 0 Å². The number of allylic oxidation sites excluding steroid dienone is 5. The fraction of sp³-hybridized carbons (Fsp3) is 0.116. The minimum atomic E-state index is -0.685. The lowest BCUT2D eigenvalue weighted by Gasteiger charge is -2.36. The van der Waals surface area contributed by atoms with Crippen LogP contribution in [-0.2, 0) is 12.1 Å². The van der Waals surface area contributed by atoms with Gasteiger partial charge in [-0.3, -0.25) is 9.67 Å². The molecule has 0 saturated heterocycles. The molecule has 6 aromatic rings. The lowest BCUT2D eigenvalue weighted by atomic mass is 9.77. The second-order valence-corrected chi connectivity index (χ2v) is 12.5. The Kier molecular flexibility index (Phi) is 9.17. The summed E-state index contributed by atoms with van der Waals surface area (Å²) in [4.78, 5) is 5.03. The Labute approximate surface area is 287 Å². The second-order valence-electron chi connectivity index (χ2n) is 12.1. The summed E-state index contributed by atoms with van der Waals surface area (Å²) in [5.74, 6) is 0.191. The van der Waals surface area contributed by atoms with Crippen LogP contribution >= 0.6 is 11.6 Å². The Morgan fingerprint density at radius 2 is 1.40 bits per heavy atom. The van der Waals surface area contributed by atoms with E-state index in [4.69, 9.17) is 21.7 Å². The van der Waals surface area contributed by atoms with E-state index in [1.807, 2.05) is 18.3 Å². The molecule has 4 aromatic carbocycles. The first kappa shape index (κ1) is 31.2. The first-order valence-electron chi connectivity index (χ1n) is 16.3. The highest BCUT2D eigenvalue weighted by molar-refractivity contribution is 6.31. The summed E-state index contributed by atoms with van der Waals surface area (Å²) >= 11 is 6.29. The van der Waals surface area contributed by atoms with Crippen molar-refractivity contribution in [2.45, 2.75) is 25.4 Å². The van der Waals surface area contributed by atoms with Crippen LogP contribution in [0.2, 0.25) is 0 Å². The Morgan fingerprint density at radius 1 is 0.812 bits per heavy atom. The molecule has 236 valence electrons. The van der Waals surface area contributed by atoms with E-state index in [2.05, 4.69) is 169 Å². The van der Waals surface area contributed by atoms with Crippen molar-refractivity contribution in [2.75, 3.05) is 0 Å². The SMILES string of the molecule is Cc1nn(C(c2ccccc2)(c2ccccc2)c2ccccc2)cc1-c1ccc(/C(=C\NCc2ccccc2)C2C=CC(Cl)=CC2)cn1. The quantitative estimate of drug-likeness (QED) is 0.151. The number of benzene rings is 4. The number of rotatable bonds is 10. The van der Waals surface area contributed by atoms with E-state index in [1.54, 1.807) is 0 Å². The van der Waals surface area contributed by atoms with Crippen molar-refractivity contribution in [2.24, 2.45) is 5.92 Å². The van der Waals surface area contributed by atoms with Gasteiger partial charge in [-0.15, -0.1) is 0 Å². The molecular formula is C43H37ClN4. The Hall–Kier alpha value is -5.45. The van der Waals surface area contributed by atoms with Gasteiger partial charge in [-0.1, -0.05) is 151 Å². The largest absolute Gasteiger partial charge is 0.387 e. The average molecular weight is 645 g/mol. The molecule has 1 atom stereocenters. The fourth-order valence-electron chi connectivity index (χ4n) is 6.65. The van der Waals surface area contributed by atoms with Gasteiger partial charge in [0.05, 0.1) is 11.4 Å². The molecule has 0 aliphatic heterocycles. The zero-order chi connectivity index (χ0) is 32.8. The molecule has 0 fully saturated rings. The van der Waals surface area contributed by atoms with Crippen LogP contribution in [-0.4, -0.2) is 14.8 Å². The molecule has 4 nitrogen and oxygen atoms in total. The van der Waals surface area contributed by atoms with Crippen LogP contribution in [0, 0.1) is 12.8 Å². The van der Waals surface area contributed by atoms with Gasteiger partial charge in [-0.25, -0.2) is 0 Å². The summed E-state index contributed by atoms with van der Waals surface area (Å²) in [6, 6.07) is 46.6. The van der Waals surface area contributed by atoms with E-state index in [1.165, 1.54) is 11.1 Å². The van der Waals surface area contributed by atoms with Gasteiger partial charge in [-0.05, 0) is 58.9 Å². The minimum Gasteiger partial charge on any atom is -0.387 e. The molecule has 1 aliphatic carbocycles. The van der Waals surface area contributed by atoms with Crippen molar-refractivity contribution in [3.05, 3.63) is 209 Å². The van der Waals surface area contributed by atoms with Gasteiger partial charge in [0.2, 0.25) is 0 Å². The average Bonchev–Trinajstić information content (AvgIpc) is 3.54.